The zero-order valence-corrected chi connectivity index (χ0v) is 12.7. The lowest BCUT2D eigenvalue weighted by atomic mass is 9.95. The van der Waals surface area contributed by atoms with Gasteiger partial charge in [0.25, 0.3) is 0 Å². The molecule has 0 bridgehead atoms. The van der Waals surface area contributed by atoms with Gasteiger partial charge in [-0.2, -0.15) is 0 Å². The molecule has 3 heteroatoms. The van der Waals surface area contributed by atoms with Crippen LogP contribution in [0.15, 0.2) is 36.4 Å². The van der Waals surface area contributed by atoms with Crippen molar-refractivity contribution in [3.8, 4) is 17.2 Å². The van der Waals surface area contributed by atoms with Crippen molar-refractivity contribution in [3.63, 3.8) is 0 Å². The third-order valence-corrected chi connectivity index (χ3v) is 4.07. The van der Waals surface area contributed by atoms with E-state index in [0.717, 1.165) is 41.2 Å². The highest BCUT2D eigenvalue weighted by molar-refractivity contribution is 5.57. The second-order valence-corrected chi connectivity index (χ2v) is 5.27. The van der Waals surface area contributed by atoms with E-state index in [2.05, 4.69) is 12.1 Å². The zero-order chi connectivity index (χ0) is 14.8. The summed E-state index contributed by atoms with van der Waals surface area (Å²) in [5, 5.41) is 0. The Morgan fingerprint density at radius 3 is 2.52 bits per heavy atom. The predicted octanol–water partition coefficient (Wildman–Crippen LogP) is 4.08. The van der Waals surface area contributed by atoms with E-state index >= 15 is 0 Å². The van der Waals surface area contributed by atoms with Gasteiger partial charge in [-0.3, -0.25) is 0 Å². The summed E-state index contributed by atoms with van der Waals surface area (Å²) in [6, 6.07) is 12.3. The molecule has 0 aromatic heterocycles. The summed E-state index contributed by atoms with van der Waals surface area (Å²) in [5.74, 6) is 2.56. The number of hydrogen-bond donors (Lipinski definition) is 0. The van der Waals surface area contributed by atoms with Crippen molar-refractivity contribution >= 4 is 0 Å². The molecular weight excluding hydrogens is 264 g/mol. The van der Waals surface area contributed by atoms with Gasteiger partial charge >= 0.3 is 0 Å². The molecule has 110 valence electrons. The number of benzene rings is 2. The van der Waals surface area contributed by atoms with Crippen LogP contribution in [-0.2, 0) is 6.42 Å². The minimum Gasteiger partial charge on any atom is -0.496 e. The van der Waals surface area contributed by atoms with E-state index in [1.807, 2.05) is 31.2 Å². The van der Waals surface area contributed by atoms with Crippen molar-refractivity contribution in [2.75, 3.05) is 14.2 Å². The molecule has 0 spiro atoms. The highest BCUT2D eigenvalue weighted by atomic mass is 16.5. The third kappa shape index (κ3) is 2.44. The van der Waals surface area contributed by atoms with Crippen LogP contribution in [0.25, 0.3) is 0 Å². The van der Waals surface area contributed by atoms with Crippen molar-refractivity contribution < 1.29 is 14.2 Å². The Labute approximate surface area is 125 Å². The average molecular weight is 284 g/mol. The summed E-state index contributed by atoms with van der Waals surface area (Å²) in [4.78, 5) is 0. The lowest BCUT2D eigenvalue weighted by Gasteiger charge is -2.29. The van der Waals surface area contributed by atoms with E-state index in [4.69, 9.17) is 14.2 Å². The predicted molar refractivity (Wildman–Crippen MR) is 82.4 cm³/mol. The van der Waals surface area contributed by atoms with E-state index in [-0.39, 0.29) is 6.10 Å². The molecule has 3 nitrogen and oxygen atoms in total. The number of hydrogen-bond acceptors (Lipinski definition) is 3. The molecule has 1 heterocycles. The molecule has 3 rings (SSSR count). The standard InChI is InChI=1S/C18H20O3/c1-12-16(19-2)11-17-14(18(12)20-3)9-10-15(21-17)13-7-5-4-6-8-13/h4-8,11,15H,9-10H2,1-3H3/t15-/m0/s1. The van der Waals surface area contributed by atoms with Gasteiger partial charge in [0, 0.05) is 17.2 Å². The van der Waals surface area contributed by atoms with Crippen LogP contribution in [0.3, 0.4) is 0 Å². The maximum atomic E-state index is 6.20. The van der Waals surface area contributed by atoms with Gasteiger partial charge in [-0.25, -0.2) is 0 Å². The first-order chi connectivity index (χ1) is 10.2. The summed E-state index contributed by atoms with van der Waals surface area (Å²) in [6.45, 7) is 2.02. The van der Waals surface area contributed by atoms with Gasteiger partial charge in [0.1, 0.15) is 23.4 Å². The topological polar surface area (TPSA) is 27.7 Å². The van der Waals surface area contributed by atoms with Crippen LogP contribution in [0, 0.1) is 6.92 Å². The molecule has 1 atom stereocenters. The Morgan fingerprint density at radius 2 is 1.86 bits per heavy atom. The molecule has 0 N–H and O–H groups in total. The van der Waals surface area contributed by atoms with E-state index < -0.39 is 0 Å². The van der Waals surface area contributed by atoms with Crippen molar-refractivity contribution in [1.29, 1.82) is 0 Å². The van der Waals surface area contributed by atoms with Gasteiger partial charge < -0.3 is 14.2 Å². The third-order valence-electron chi connectivity index (χ3n) is 4.07. The first kappa shape index (κ1) is 13.8. The molecule has 0 saturated heterocycles. The molecule has 2 aromatic carbocycles. The van der Waals surface area contributed by atoms with Gasteiger partial charge in [0.2, 0.25) is 0 Å². The monoisotopic (exact) mass is 284 g/mol. The van der Waals surface area contributed by atoms with Crippen LogP contribution < -0.4 is 14.2 Å². The molecule has 0 fully saturated rings. The molecular formula is C18H20O3. The van der Waals surface area contributed by atoms with E-state index in [9.17, 15) is 0 Å². The summed E-state index contributed by atoms with van der Waals surface area (Å²) in [5.41, 5.74) is 3.38. The van der Waals surface area contributed by atoms with E-state index in [0.29, 0.717) is 0 Å². The van der Waals surface area contributed by atoms with Crippen molar-refractivity contribution in [3.05, 3.63) is 53.1 Å². The number of rotatable bonds is 3. The molecule has 0 unspecified atom stereocenters. The minimum absolute atomic E-state index is 0.0934. The highest BCUT2D eigenvalue weighted by Gasteiger charge is 2.26. The summed E-state index contributed by atoms with van der Waals surface area (Å²) < 4.78 is 17.2. The van der Waals surface area contributed by atoms with Crippen LogP contribution in [0.4, 0.5) is 0 Å². The quantitative estimate of drug-likeness (QED) is 0.850. The minimum atomic E-state index is 0.0934. The van der Waals surface area contributed by atoms with Crippen LogP contribution >= 0.6 is 0 Å². The second-order valence-electron chi connectivity index (χ2n) is 5.27. The molecule has 0 aliphatic carbocycles. The van der Waals surface area contributed by atoms with Crippen LogP contribution in [0.1, 0.15) is 29.2 Å². The summed E-state index contributed by atoms with van der Waals surface area (Å²) in [7, 11) is 3.37. The second kappa shape index (κ2) is 5.68. The first-order valence-electron chi connectivity index (χ1n) is 7.20. The van der Waals surface area contributed by atoms with Gasteiger partial charge in [0.05, 0.1) is 14.2 Å². The maximum absolute atomic E-state index is 6.20. The zero-order valence-electron chi connectivity index (χ0n) is 12.7. The number of methoxy groups -OCH3 is 2. The van der Waals surface area contributed by atoms with Gasteiger partial charge in [-0.15, -0.1) is 0 Å². The van der Waals surface area contributed by atoms with Crippen molar-refractivity contribution in [1.82, 2.24) is 0 Å². The fourth-order valence-electron chi connectivity index (χ4n) is 2.98. The van der Waals surface area contributed by atoms with Crippen molar-refractivity contribution in [2.45, 2.75) is 25.9 Å². The normalized spacial score (nSPS) is 16.8. The first-order valence-corrected chi connectivity index (χ1v) is 7.20. The Bertz CT molecular complexity index is 635. The van der Waals surface area contributed by atoms with Crippen LogP contribution in [0.2, 0.25) is 0 Å². The molecule has 21 heavy (non-hydrogen) atoms. The van der Waals surface area contributed by atoms with E-state index in [1.54, 1.807) is 14.2 Å². The largest absolute Gasteiger partial charge is 0.496 e. The molecule has 2 aromatic rings. The summed E-state index contributed by atoms with van der Waals surface area (Å²) >= 11 is 0. The lowest BCUT2D eigenvalue weighted by Crippen LogP contribution is -2.16. The van der Waals surface area contributed by atoms with Crippen LogP contribution in [-0.4, -0.2) is 14.2 Å². The average Bonchev–Trinajstić information content (AvgIpc) is 2.54. The van der Waals surface area contributed by atoms with Gasteiger partial charge in [0.15, 0.2) is 0 Å². The van der Waals surface area contributed by atoms with E-state index in [1.165, 1.54) is 5.56 Å². The Balaban J connectivity index is 1.99. The molecule has 1 aliphatic heterocycles. The smallest absolute Gasteiger partial charge is 0.132 e. The van der Waals surface area contributed by atoms with Crippen molar-refractivity contribution in [2.24, 2.45) is 0 Å². The summed E-state index contributed by atoms with van der Waals surface area (Å²) in [6.07, 6.45) is 2.00. The Morgan fingerprint density at radius 1 is 1.10 bits per heavy atom. The Kier molecular flexibility index (Phi) is 3.74. The highest BCUT2D eigenvalue weighted by Crippen LogP contribution is 2.44. The number of ether oxygens (including phenoxy) is 3. The lowest BCUT2D eigenvalue weighted by molar-refractivity contribution is 0.173. The maximum Gasteiger partial charge on any atom is 0.132 e. The number of fused-ring (bicyclic) bond motifs is 1. The fraction of sp³-hybridized carbons (Fsp3) is 0.333. The molecule has 1 aliphatic rings. The van der Waals surface area contributed by atoms with Gasteiger partial charge in [-0.1, -0.05) is 30.3 Å². The molecule has 0 radical (unpaired) electrons. The van der Waals surface area contributed by atoms with Crippen LogP contribution in [0.5, 0.6) is 17.2 Å². The Hall–Kier alpha value is -2.16. The van der Waals surface area contributed by atoms with Gasteiger partial charge in [-0.05, 0) is 25.3 Å². The fourth-order valence-corrected chi connectivity index (χ4v) is 2.98. The SMILES string of the molecule is COc1cc2c(c(OC)c1C)CC[C@@H](c1ccccc1)O2. The molecule has 0 saturated carbocycles. The molecule has 0 amide bonds.